The van der Waals surface area contributed by atoms with Gasteiger partial charge in [-0.1, -0.05) is 41.6 Å². The van der Waals surface area contributed by atoms with E-state index in [2.05, 4.69) is 41.4 Å². The van der Waals surface area contributed by atoms with Gasteiger partial charge in [0.05, 0.1) is 7.11 Å². The first-order valence-electron chi connectivity index (χ1n) is 9.18. The zero-order valence-electron chi connectivity index (χ0n) is 16.2. The lowest BCUT2D eigenvalue weighted by molar-refractivity contribution is 0.414. The Morgan fingerprint density at radius 3 is 2.24 bits per heavy atom. The summed E-state index contributed by atoms with van der Waals surface area (Å²) in [5.74, 6) is 1.94. The Bertz CT molecular complexity index is 1090. The van der Waals surface area contributed by atoms with Gasteiger partial charge in [0.25, 0.3) is 0 Å². The minimum Gasteiger partial charge on any atom is -0.497 e. The second kappa shape index (κ2) is 8.49. The first-order chi connectivity index (χ1) is 14.1. The summed E-state index contributed by atoms with van der Waals surface area (Å²) in [6, 6.07) is 22.5. The van der Waals surface area contributed by atoms with E-state index in [1.807, 2.05) is 28.8 Å². The van der Waals surface area contributed by atoms with Crippen molar-refractivity contribution >= 4 is 11.8 Å². The standard InChI is InChI=1S/C23H20FN3OS/c1-16-3-5-17(6-4-16)15-29-23-26-25-22(18-7-9-19(24)10-8-18)27(23)20-11-13-21(28-2)14-12-20/h3-14H,15H2,1-2H3. The first kappa shape index (κ1) is 19.2. The van der Waals surface area contributed by atoms with E-state index in [1.165, 1.54) is 23.3 Å². The largest absolute Gasteiger partial charge is 0.497 e. The summed E-state index contributed by atoms with van der Waals surface area (Å²) in [6.45, 7) is 2.08. The van der Waals surface area contributed by atoms with Crippen molar-refractivity contribution in [3.63, 3.8) is 0 Å². The number of methoxy groups -OCH3 is 1. The molecule has 0 aliphatic carbocycles. The number of aromatic nitrogens is 3. The predicted molar refractivity (Wildman–Crippen MR) is 114 cm³/mol. The van der Waals surface area contributed by atoms with Crippen LogP contribution in [0.3, 0.4) is 0 Å². The summed E-state index contributed by atoms with van der Waals surface area (Å²) in [5, 5.41) is 9.59. The average Bonchev–Trinajstić information content (AvgIpc) is 3.18. The summed E-state index contributed by atoms with van der Waals surface area (Å²) in [4.78, 5) is 0. The number of ether oxygens (including phenoxy) is 1. The number of benzene rings is 3. The van der Waals surface area contributed by atoms with Crippen molar-refractivity contribution in [2.75, 3.05) is 7.11 Å². The number of aryl methyl sites for hydroxylation is 1. The van der Waals surface area contributed by atoms with Crippen LogP contribution >= 0.6 is 11.8 Å². The Balaban J connectivity index is 1.71. The fourth-order valence-corrected chi connectivity index (χ4v) is 3.85. The van der Waals surface area contributed by atoms with E-state index in [0.717, 1.165) is 27.9 Å². The van der Waals surface area contributed by atoms with Gasteiger partial charge in [0.2, 0.25) is 0 Å². The topological polar surface area (TPSA) is 39.9 Å². The molecule has 6 heteroatoms. The van der Waals surface area contributed by atoms with Crippen molar-refractivity contribution in [2.24, 2.45) is 0 Å². The number of hydrogen-bond acceptors (Lipinski definition) is 4. The van der Waals surface area contributed by atoms with Crippen LogP contribution in [0.2, 0.25) is 0 Å². The molecule has 0 fully saturated rings. The molecule has 0 aliphatic rings. The lowest BCUT2D eigenvalue weighted by atomic mass is 10.2. The fraction of sp³-hybridized carbons (Fsp3) is 0.130. The molecule has 0 unspecified atom stereocenters. The number of rotatable bonds is 6. The van der Waals surface area contributed by atoms with Gasteiger partial charge in [-0.25, -0.2) is 4.39 Å². The maximum atomic E-state index is 13.4. The normalized spacial score (nSPS) is 10.9. The molecule has 0 radical (unpaired) electrons. The van der Waals surface area contributed by atoms with Crippen LogP contribution in [0.15, 0.2) is 78.0 Å². The Labute approximate surface area is 173 Å². The number of halogens is 1. The second-order valence-corrected chi connectivity index (χ2v) is 7.56. The molecular weight excluding hydrogens is 385 g/mol. The third-order valence-corrected chi connectivity index (χ3v) is 5.56. The van der Waals surface area contributed by atoms with E-state index in [-0.39, 0.29) is 5.82 Å². The fourth-order valence-electron chi connectivity index (χ4n) is 2.95. The molecule has 0 aliphatic heterocycles. The third kappa shape index (κ3) is 4.32. The molecule has 0 N–H and O–H groups in total. The van der Waals surface area contributed by atoms with E-state index >= 15 is 0 Å². The van der Waals surface area contributed by atoms with E-state index in [9.17, 15) is 4.39 Å². The molecule has 4 aromatic rings. The molecule has 1 aromatic heterocycles. The van der Waals surface area contributed by atoms with Gasteiger partial charge in [-0.3, -0.25) is 4.57 Å². The van der Waals surface area contributed by atoms with Crippen LogP contribution in [0.25, 0.3) is 17.1 Å². The second-order valence-electron chi connectivity index (χ2n) is 6.62. The molecule has 4 nitrogen and oxygen atoms in total. The molecule has 1 heterocycles. The quantitative estimate of drug-likeness (QED) is 0.387. The summed E-state index contributed by atoms with van der Waals surface area (Å²) in [7, 11) is 1.64. The molecule has 0 saturated carbocycles. The van der Waals surface area contributed by atoms with E-state index in [0.29, 0.717) is 5.82 Å². The summed E-state index contributed by atoms with van der Waals surface area (Å²) < 4.78 is 20.7. The minimum atomic E-state index is -0.279. The van der Waals surface area contributed by atoms with Crippen molar-refractivity contribution in [1.29, 1.82) is 0 Å². The van der Waals surface area contributed by atoms with Crippen LogP contribution in [0, 0.1) is 12.7 Å². The molecule has 0 atom stereocenters. The molecule has 146 valence electrons. The van der Waals surface area contributed by atoms with Crippen molar-refractivity contribution in [2.45, 2.75) is 17.8 Å². The van der Waals surface area contributed by atoms with Gasteiger partial charge in [0, 0.05) is 17.0 Å². The molecular formula is C23H20FN3OS. The van der Waals surface area contributed by atoms with Crippen LogP contribution in [0.1, 0.15) is 11.1 Å². The Kier molecular flexibility index (Phi) is 5.62. The molecule has 0 saturated heterocycles. The number of thioether (sulfide) groups is 1. The maximum absolute atomic E-state index is 13.4. The van der Waals surface area contributed by atoms with Gasteiger partial charge >= 0.3 is 0 Å². The van der Waals surface area contributed by atoms with Crippen LogP contribution in [0.4, 0.5) is 4.39 Å². The van der Waals surface area contributed by atoms with Gasteiger partial charge in [-0.05, 0) is 61.0 Å². The highest BCUT2D eigenvalue weighted by Crippen LogP contribution is 2.30. The monoisotopic (exact) mass is 405 g/mol. The Morgan fingerprint density at radius 1 is 0.897 bits per heavy atom. The highest BCUT2D eigenvalue weighted by atomic mass is 32.2. The number of hydrogen-bond donors (Lipinski definition) is 0. The van der Waals surface area contributed by atoms with Crippen molar-refractivity contribution in [1.82, 2.24) is 14.8 Å². The Hall–Kier alpha value is -3.12. The van der Waals surface area contributed by atoms with Crippen molar-refractivity contribution < 1.29 is 9.13 Å². The third-order valence-electron chi connectivity index (χ3n) is 4.55. The van der Waals surface area contributed by atoms with Crippen LogP contribution in [-0.2, 0) is 5.75 Å². The Morgan fingerprint density at radius 2 is 1.59 bits per heavy atom. The zero-order valence-corrected chi connectivity index (χ0v) is 17.0. The zero-order chi connectivity index (χ0) is 20.2. The van der Waals surface area contributed by atoms with Gasteiger partial charge < -0.3 is 4.74 Å². The SMILES string of the molecule is COc1ccc(-n2c(SCc3ccc(C)cc3)nnc2-c2ccc(F)cc2)cc1. The summed E-state index contributed by atoms with van der Waals surface area (Å²) >= 11 is 1.61. The van der Waals surface area contributed by atoms with Crippen LogP contribution in [-0.4, -0.2) is 21.9 Å². The van der Waals surface area contributed by atoms with E-state index in [4.69, 9.17) is 4.74 Å². The van der Waals surface area contributed by atoms with E-state index < -0.39 is 0 Å². The van der Waals surface area contributed by atoms with Gasteiger partial charge in [0.15, 0.2) is 11.0 Å². The molecule has 29 heavy (non-hydrogen) atoms. The molecule has 0 amide bonds. The van der Waals surface area contributed by atoms with Gasteiger partial charge in [0.1, 0.15) is 11.6 Å². The highest BCUT2D eigenvalue weighted by Gasteiger charge is 2.16. The first-order valence-corrected chi connectivity index (χ1v) is 10.2. The van der Waals surface area contributed by atoms with Crippen LogP contribution < -0.4 is 4.74 Å². The minimum absolute atomic E-state index is 0.279. The predicted octanol–water partition coefficient (Wildman–Crippen LogP) is 5.68. The van der Waals surface area contributed by atoms with Gasteiger partial charge in [-0.2, -0.15) is 0 Å². The maximum Gasteiger partial charge on any atom is 0.196 e. The van der Waals surface area contributed by atoms with E-state index in [1.54, 1.807) is 31.0 Å². The molecule has 0 bridgehead atoms. The molecule has 0 spiro atoms. The summed E-state index contributed by atoms with van der Waals surface area (Å²) in [5.41, 5.74) is 4.17. The van der Waals surface area contributed by atoms with Gasteiger partial charge in [-0.15, -0.1) is 10.2 Å². The molecule has 3 aromatic carbocycles. The lowest BCUT2D eigenvalue weighted by Gasteiger charge is -2.11. The average molecular weight is 405 g/mol. The molecule has 4 rings (SSSR count). The lowest BCUT2D eigenvalue weighted by Crippen LogP contribution is -2.00. The highest BCUT2D eigenvalue weighted by molar-refractivity contribution is 7.98. The number of nitrogens with zero attached hydrogens (tertiary/aromatic N) is 3. The van der Waals surface area contributed by atoms with Crippen molar-refractivity contribution in [3.8, 4) is 22.8 Å². The van der Waals surface area contributed by atoms with Crippen molar-refractivity contribution in [3.05, 3.63) is 89.7 Å². The summed E-state index contributed by atoms with van der Waals surface area (Å²) in [6.07, 6.45) is 0. The van der Waals surface area contributed by atoms with Crippen LogP contribution in [0.5, 0.6) is 5.75 Å². The smallest absolute Gasteiger partial charge is 0.196 e.